The predicted octanol–water partition coefficient (Wildman–Crippen LogP) is 3.66. The molecule has 0 saturated carbocycles. The van der Waals surface area contributed by atoms with Gasteiger partial charge in [-0.1, -0.05) is 30.3 Å². The molecule has 5 heteroatoms. The minimum atomic E-state index is -0.113. The second kappa shape index (κ2) is 9.42. The highest BCUT2D eigenvalue weighted by Gasteiger charge is 2.26. The van der Waals surface area contributed by atoms with Gasteiger partial charge in [0, 0.05) is 12.1 Å². The summed E-state index contributed by atoms with van der Waals surface area (Å²) >= 11 is 0. The van der Waals surface area contributed by atoms with Gasteiger partial charge in [-0.3, -0.25) is 9.69 Å². The maximum atomic E-state index is 12.8. The van der Waals surface area contributed by atoms with Crippen molar-refractivity contribution in [3.63, 3.8) is 0 Å². The minimum absolute atomic E-state index is 0.0897. The second-order valence-corrected chi connectivity index (χ2v) is 6.64. The van der Waals surface area contributed by atoms with Crippen molar-refractivity contribution < 1.29 is 14.3 Å². The summed E-state index contributed by atoms with van der Waals surface area (Å²) in [5.74, 6) is 1.36. The van der Waals surface area contributed by atoms with Crippen LogP contribution in [0.4, 0.5) is 0 Å². The lowest BCUT2D eigenvalue weighted by Gasteiger charge is -2.29. The van der Waals surface area contributed by atoms with Crippen molar-refractivity contribution in [3.05, 3.63) is 59.7 Å². The smallest absolute Gasteiger partial charge is 0.255 e. The quantitative estimate of drug-likeness (QED) is 0.773. The van der Waals surface area contributed by atoms with Crippen molar-refractivity contribution in [1.82, 2.24) is 10.2 Å². The van der Waals surface area contributed by atoms with Crippen LogP contribution >= 0.6 is 0 Å². The fourth-order valence-electron chi connectivity index (χ4n) is 3.65. The fraction of sp³-hybridized carbons (Fsp3) is 0.409. The zero-order valence-electron chi connectivity index (χ0n) is 16.1. The van der Waals surface area contributed by atoms with Crippen LogP contribution in [0, 0.1) is 0 Å². The summed E-state index contributed by atoms with van der Waals surface area (Å²) in [5, 5.41) is 3.11. The Hall–Kier alpha value is -2.53. The van der Waals surface area contributed by atoms with Crippen LogP contribution in [-0.4, -0.2) is 44.2 Å². The topological polar surface area (TPSA) is 50.8 Å². The molecule has 2 aromatic rings. The van der Waals surface area contributed by atoms with Crippen LogP contribution in [0.1, 0.15) is 41.7 Å². The standard InChI is InChI=1S/C22H28N2O3/c1-3-27-21-13-7-5-11-18(21)22(25)23-16-19(24-14-8-9-15-24)17-10-4-6-12-20(17)26-2/h4-7,10-13,19H,3,8-9,14-16H2,1-2H3,(H,23,25). The number of nitrogens with one attached hydrogen (secondary N) is 1. The summed E-state index contributed by atoms with van der Waals surface area (Å²) in [4.78, 5) is 15.2. The van der Waals surface area contributed by atoms with Crippen LogP contribution < -0.4 is 14.8 Å². The molecule has 1 aliphatic rings. The summed E-state index contributed by atoms with van der Waals surface area (Å²) in [6, 6.07) is 15.5. The van der Waals surface area contributed by atoms with Gasteiger partial charge < -0.3 is 14.8 Å². The number of amides is 1. The summed E-state index contributed by atoms with van der Waals surface area (Å²) in [6.07, 6.45) is 2.37. The largest absolute Gasteiger partial charge is 0.496 e. The molecule has 1 saturated heterocycles. The van der Waals surface area contributed by atoms with E-state index in [0.717, 1.165) is 24.4 Å². The Labute approximate surface area is 161 Å². The van der Waals surface area contributed by atoms with E-state index in [1.807, 2.05) is 43.3 Å². The number of ether oxygens (including phenoxy) is 2. The molecule has 1 unspecified atom stereocenters. The number of hydrogen-bond acceptors (Lipinski definition) is 4. The Bertz CT molecular complexity index is 757. The zero-order valence-corrected chi connectivity index (χ0v) is 16.1. The van der Waals surface area contributed by atoms with Crippen molar-refractivity contribution in [2.45, 2.75) is 25.8 Å². The van der Waals surface area contributed by atoms with Gasteiger partial charge in [0.2, 0.25) is 0 Å². The van der Waals surface area contributed by atoms with Crippen LogP contribution in [0.15, 0.2) is 48.5 Å². The molecule has 144 valence electrons. The van der Waals surface area contributed by atoms with E-state index in [2.05, 4.69) is 16.3 Å². The first kappa shape index (κ1) is 19.2. The number of para-hydroxylation sites is 2. The monoisotopic (exact) mass is 368 g/mol. The van der Waals surface area contributed by atoms with E-state index in [-0.39, 0.29) is 11.9 Å². The normalized spacial score (nSPS) is 15.3. The van der Waals surface area contributed by atoms with Crippen molar-refractivity contribution in [3.8, 4) is 11.5 Å². The Kier molecular flexibility index (Phi) is 6.71. The molecule has 1 aliphatic heterocycles. The minimum Gasteiger partial charge on any atom is -0.496 e. The number of hydrogen-bond donors (Lipinski definition) is 1. The van der Waals surface area contributed by atoms with E-state index in [1.54, 1.807) is 13.2 Å². The number of likely N-dealkylation sites (tertiary alicyclic amines) is 1. The van der Waals surface area contributed by atoms with Crippen molar-refractivity contribution in [2.24, 2.45) is 0 Å². The number of benzene rings is 2. The van der Waals surface area contributed by atoms with Crippen LogP contribution in [0.3, 0.4) is 0 Å². The number of methoxy groups -OCH3 is 1. The zero-order chi connectivity index (χ0) is 19.1. The summed E-state index contributed by atoms with van der Waals surface area (Å²) in [5.41, 5.74) is 1.68. The highest BCUT2D eigenvalue weighted by Crippen LogP contribution is 2.31. The number of nitrogens with zero attached hydrogens (tertiary/aromatic N) is 1. The Morgan fingerprint density at radius 3 is 2.44 bits per heavy atom. The molecule has 5 nitrogen and oxygen atoms in total. The van der Waals surface area contributed by atoms with Crippen LogP contribution in [-0.2, 0) is 0 Å². The third-order valence-corrected chi connectivity index (χ3v) is 4.97. The van der Waals surface area contributed by atoms with Crippen LogP contribution in [0.5, 0.6) is 11.5 Å². The van der Waals surface area contributed by atoms with Gasteiger partial charge in [-0.25, -0.2) is 0 Å². The van der Waals surface area contributed by atoms with Gasteiger partial charge in [0.1, 0.15) is 11.5 Å². The first-order valence-electron chi connectivity index (χ1n) is 9.61. The summed E-state index contributed by atoms with van der Waals surface area (Å²) in [6.45, 7) is 5.05. The average molecular weight is 368 g/mol. The van der Waals surface area contributed by atoms with E-state index in [0.29, 0.717) is 24.5 Å². The SMILES string of the molecule is CCOc1ccccc1C(=O)NCC(c1ccccc1OC)N1CCCC1. The van der Waals surface area contributed by atoms with Crippen molar-refractivity contribution in [2.75, 3.05) is 33.4 Å². The maximum Gasteiger partial charge on any atom is 0.255 e. The summed E-state index contributed by atoms with van der Waals surface area (Å²) in [7, 11) is 1.69. The number of rotatable bonds is 8. The predicted molar refractivity (Wildman–Crippen MR) is 106 cm³/mol. The molecule has 1 N–H and O–H groups in total. The molecule has 0 bridgehead atoms. The van der Waals surface area contributed by atoms with Gasteiger partial charge in [-0.15, -0.1) is 0 Å². The van der Waals surface area contributed by atoms with Gasteiger partial charge >= 0.3 is 0 Å². The molecule has 1 amide bonds. The highest BCUT2D eigenvalue weighted by atomic mass is 16.5. The molecule has 0 radical (unpaired) electrons. The molecule has 0 spiro atoms. The van der Waals surface area contributed by atoms with E-state index in [9.17, 15) is 4.79 Å². The van der Waals surface area contributed by atoms with Gasteiger partial charge in [-0.2, -0.15) is 0 Å². The van der Waals surface area contributed by atoms with Gasteiger partial charge in [0.25, 0.3) is 5.91 Å². The molecular weight excluding hydrogens is 340 g/mol. The lowest BCUT2D eigenvalue weighted by atomic mass is 10.0. The fourth-order valence-corrected chi connectivity index (χ4v) is 3.65. The van der Waals surface area contributed by atoms with Gasteiger partial charge in [0.15, 0.2) is 0 Å². The lowest BCUT2D eigenvalue weighted by molar-refractivity contribution is 0.0933. The molecule has 0 aromatic heterocycles. The summed E-state index contributed by atoms with van der Waals surface area (Å²) < 4.78 is 11.2. The molecular formula is C22H28N2O3. The molecule has 0 aliphatic carbocycles. The molecule has 27 heavy (non-hydrogen) atoms. The van der Waals surface area contributed by atoms with Gasteiger partial charge in [0.05, 0.1) is 25.3 Å². The van der Waals surface area contributed by atoms with Crippen molar-refractivity contribution in [1.29, 1.82) is 0 Å². The van der Waals surface area contributed by atoms with E-state index in [1.165, 1.54) is 12.8 Å². The van der Waals surface area contributed by atoms with E-state index >= 15 is 0 Å². The van der Waals surface area contributed by atoms with Gasteiger partial charge in [-0.05, 0) is 51.1 Å². The Balaban J connectivity index is 1.78. The third-order valence-electron chi connectivity index (χ3n) is 4.97. The first-order chi connectivity index (χ1) is 13.2. The molecule has 1 heterocycles. The Morgan fingerprint density at radius 2 is 1.74 bits per heavy atom. The average Bonchev–Trinajstić information content (AvgIpc) is 3.23. The van der Waals surface area contributed by atoms with E-state index in [4.69, 9.17) is 9.47 Å². The molecule has 1 fully saturated rings. The van der Waals surface area contributed by atoms with Crippen LogP contribution in [0.2, 0.25) is 0 Å². The number of carbonyl (C=O) groups excluding carboxylic acids is 1. The molecule has 2 aromatic carbocycles. The molecule has 1 atom stereocenters. The third kappa shape index (κ3) is 4.61. The van der Waals surface area contributed by atoms with Crippen LogP contribution in [0.25, 0.3) is 0 Å². The first-order valence-corrected chi connectivity index (χ1v) is 9.61. The second-order valence-electron chi connectivity index (χ2n) is 6.64. The maximum absolute atomic E-state index is 12.8. The highest BCUT2D eigenvalue weighted by molar-refractivity contribution is 5.96. The Morgan fingerprint density at radius 1 is 1.07 bits per heavy atom. The van der Waals surface area contributed by atoms with Crippen molar-refractivity contribution >= 4 is 5.91 Å². The lowest BCUT2D eigenvalue weighted by Crippen LogP contribution is -2.37. The molecule has 3 rings (SSSR count). The number of carbonyl (C=O) groups is 1. The van der Waals surface area contributed by atoms with E-state index < -0.39 is 0 Å².